The van der Waals surface area contributed by atoms with E-state index in [4.69, 9.17) is 15.2 Å². The zero-order valence-electron chi connectivity index (χ0n) is 12.7. The Balaban J connectivity index is 1.80. The molecule has 1 aliphatic rings. The molecule has 0 fully saturated rings. The van der Waals surface area contributed by atoms with Gasteiger partial charge in [-0.25, -0.2) is 0 Å². The third-order valence-corrected chi connectivity index (χ3v) is 3.84. The molecule has 0 radical (unpaired) electrons. The highest BCUT2D eigenvalue weighted by Gasteiger charge is 2.19. The lowest BCUT2D eigenvalue weighted by molar-refractivity contribution is 0.0922. The average Bonchev–Trinajstić information content (AvgIpc) is 2.43. The highest BCUT2D eigenvalue weighted by atomic mass is 16.5. The second kappa shape index (κ2) is 7.65. The average molecular weight is 277 g/mol. The van der Waals surface area contributed by atoms with E-state index in [0.29, 0.717) is 19.1 Å². The second-order valence-corrected chi connectivity index (χ2v) is 5.97. The van der Waals surface area contributed by atoms with Gasteiger partial charge < -0.3 is 15.2 Å². The van der Waals surface area contributed by atoms with Gasteiger partial charge in [0.1, 0.15) is 12.4 Å². The van der Waals surface area contributed by atoms with Crippen LogP contribution in [0.1, 0.15) is 50.3 Å². The number of rotatable bonds is 7. The molecule has 0 heterocycles. The van der Waals surface area contributed by atoms with E-state index in [1.54, 1.807) is 0 Å². The number of benzene rings is 1. The first-order chi connectivity index (χ1) is 9.68. The summed E-state index contributed by atoms with van der Waals surface area (Å²) in [5.41, 5.74) is 8.72. The quantitative estimate of drug-likeness (QED) is 0.776. The van der Waals surface area contributed by atoms with Crippen molar-refractivity contribution in [2.24, 2.45) is 11.7 Å². The Labute approximate surface area is 122 Å². The van der Waals surface area contributed by atoms with Crippen LogP contribution in [0, 0.1) is 5.92 Å². The van der Waals surface area contributed by atoms with Crippen molar-refractivity contribution in [1.82, 2.24) is 0 Å². The summed E-state index contributed by atoms with van der Waals surface area (Å²) in [4.78, 5) is 0. The van der Waals surface area contributed by atoms with E-state index in [2.05, 4.69) is 19.9 Å². The van der Waals surface area contributed by atoms with E-state index < -0.39 is 0 Å². The van der Waals surface area contributed by atoms with Crippen molar-refractivity contribution in [3.8, 4) is 5.75 Å². The Bertz CT molecular complexity index is 417. The predicted molar refractivity (Wildman–Crippen MR) is 82.1 cm³/mol. The molecule has 0 amide bonds. The number of hydrogen-bond donors (Lipinski definition) is 1. The van der Waals surface area contributed by atoms with Gasteiger partial charge in [-0.1, -0.05) is 26.0 Å². The van der Waals surface area contributed by atoms with Crippen molar-refractivity contribution in [2.75, 3.05) is 19.8 Å². The Morgan fingerprint density at radius 1 is 1.25 bits per heavy atom. The third kappa shape index (κ3) is 4.22. The Kier molecular flexibility index (Phi) is 5.86. The molecule has 112 valence electrons. The molecule has 2 N–H and O–H groups in total. The van der Waals surface area contributed by atoms with Crippen LogP contribution in [0.5, 0.6) is 5.75 Å². The maximum Gasteiger partial charge on any atom is 0.122 e. The van der Waals surface area contributed by atoms with Gasteiger partial charge in [0.15, 0.2) is 0 Å². The minimum absolute atomic E-state index is 0.171. The largest absolute Gasteiger partial charge is 0.491 e. The Hall–Kier alpha value is -1.06. The molecule has 1 unspecified atom stereocenters. The molecule has 2 rings (SSSR count). The molecule has 3 nitrogen and oxygen atoms in total. The molecule has 0 bridgehead atoms. The summed E-state index contributed by atoms with van der Waals surface area (Å²) in [7, 11) is 0. The van der Waals surface area contributed by atoms with Crippen LogP contribution in [0.3, 0.4) is 0 Å². The fourth-order valence-corrected chi connectivity index (χ4v) is 2.62. The van der Waals surface area contributed by atoms with Gasteiger partial charge in [-0.05, 0) is 48.8 Å². The first-order valence-electron chi connectivity index (χ1n) is 7.76. The van der Waals surface area contributed by atoms with Crippen LogP contribution in [0.4, 0.5) is 0 Å². The molecular formula is C17H27NO2. The maximum absolute atomic E-state index is 6.16. The van der Waals surface area contributed by atoms with Gasteiger partial charge in [0.25, 0.3) is 0 Å². The van der Waals surface area contributed by atoms with Gasteiger partial charge >= 0.3 is 0 Å². The zero-order valence-corrected chi connectivity index (χ0v) is 12.7. The van der Waals surface area contributed by atoms with Gasteiger partial charge in [-0.3, -0.25) is 0 Å². The summed E-state index contributed by atoms with van der Waals surface area (Å²) in [6.07, 6.45) is 4.41. The molecule has 0 aromatic heterocycles. The van der Waals surface area contributed by atoms with Gasteiger partial charge in [0.05, 0.1) is 6.61 Å². The van der Waals surface area contributed by atoms with E-state index in [9.17, 15) is 0 Å². The Morgan fingerprint density at radius 2 is 2.10 bits per heavy atom. The van der Waals surface area contributed by atoms with Gasteiger partial charge in [-0.15, -0.1) is 0 Å². The lowest BCUT2D eigenvalue weighted by Gasteiger charge is -2.24. The molecule has 20 heavy (non-hydrogen) atoms. The number of ether oxygens (including phenoxy) is 2. The van der Waals surface area contributed by atoms with E-state index in [1.165, 1.54) is 11.1 Å². The summed E-state index contributed by atoms with van der Waals surface area (Å²) in [6.45, 7) is 6.50. The summed E-state index contributed by atoms with van der Waals surface area (Å²) >= 11 is 0. The van der Waals surface area contributed by atoms with Crippen molar-refractivity contribution in [1.29, 1.82) is 0 Å². The van der Waals surface area contributed by atoms with Crippen LogP contribution < -0.4 is 10.5 Å². The van der Waals surface area contributed by atoms with Crippen LogP contribution in [0.15, 0.2) is 18.2 Å². The SMILES string of the molecule is CC(C)CCOCCOc1cccc2c1CCCC2N. The Morgan fingerprint density at radius 3 is 2.90 bits per heavy atom. The molecule has 3 heteroatoms. The third-order valence-electron chi connectivity index (χ3n) is 3.84. The van der Waals surface area contributed by atoms with E-state index in [-0.39, 0.29) is 6.04 Å². The first kappa shape index (κ1) is 15.3. The van der Waals surface area contributed by atoms with Crippen LogP contribution in [0.2, 0.25) is 0 Å². The molecule has 0 aliphatic heterocycles. The first-order valence-corrected chi connectivity index (χ1v) is 7.76. The van der Waals surface area contributed by atoms with Crippen molar-refractivity contribution in [3.05, 3.63) is 29.3 Å². The molecule has 1 aromatic carbocycles. The molecule has 0 saturated heterocycles. The van der Waals surface area contributed by atoms with Crippen molar-refractivity contribution >= 4 is 0 Å². The summed E-state index contributed by atoms with van der Waals surface area (Å²) in [5.74, 6) is 1.68. The molecule has 0 spiro atoms. The lowest BCUT2D eigenvalue weighted by atomic mass is 9.88. The van der Waals surface area contributed by atoms with Crippen LogP contribution >= 0.6 is 0 Å². The fraction of sp³-hybridized carbons (Fsp3) is 0.647. The van der Waals surface area contributed by atoms with Gasteiger partial charge in [0.2, 0.25) is 0 Å². The number of hydrogen-bond acceptors (Lipinski definition) is 3. The van der Waals surface area contributed by atoms with Crippen LogP contribution in [-0.2, 0) is 11.2 Å². The number of fused-ring (bicyclic) bond motifs is 1. The van der Waals surface area contributed by atoms with Crippen molar-refractivity contribution in [3.63, 3.8) is 0 Å². The van der Waals surface area contributed by atoms with Crippen LogP contribution in [0.25, 0.3) is 0 Å². The van der Waals surface area contributed by atoms with E-state index >= 15 is 0 Å². The van der Waals surface area contributed by atoms with E-state index in [1.807, 2.05) is 12.1 Å². The predicted octanol–water partition coefficient (Wildman–Crippen LogP) is 3.46. The normalized spacial score (nSPS) is 18.1. The standard InChI is InChI=1S/C17H27NO2/c1-13(2)9-10-19-11-12-20-17-8-4-5-14-15(17)6-3-7-16(14)18/h4-5,8,13,16H,3,6-7,9-12,18H2,1-2H3. The summed E-state index contributed by atoms with van der Waals surface area (Å²) < 4.78 is 11.5. The topological polar surface area (TPSA) is 44.5 Å². The highest BCUT2D eigenvalue weighted by molar-refractivity contribution is 5.43. The van der Waals surface area contributed by atoms with Gasteiger partial charge in [0, 0.05) is 12.6 Å². The van der Waals surface area contributed by atoms with Crippen molar-refractivity contribution < 1.29 is 9.47 Å². The molecule has 1 atom stereocenters. The summed E-state index contributed by atoms with van der Waals surface area (Å²) in [5, 5.41) is 0. The second-order valence-electron chi connectivity index (χ2n) is 5.97. The highest BCUT2D eigenvalue weighted by Crippen LogP contribution is 2.33. The molecular weight excluding hydrogens is 250 g/mol. The fourth-order valence-electron chi connectivity index (χ4n) is 2.62. The molecule has 1 aliphatic carbocycles. The van der Waals surface area contributed by atoms with Gasteiger partial charge in [-0.2, -0.15) is 0 Å². The minimum Gasteiger partial charge on any atom is -0.491 e. The monoisotopic (exact) mass is 277 g/mol. The number of nitrogens with two attached hydrogens (primary N) is 1. The molecule has 1 aromatic rings. The molecule has 0 saturated carbocycles. The zero-order chi connectivity index (χ0) is 14.4. The minimum atomic E-state index is 0.171. The van der Waals surface area contributed by atoms with E-state index in [0.717, 1.165) is 38.0 Å². The lowest BCUT2D eigenvalue weighted by Crippen LogP contribution is -2.18. The van der Waals surface area contributed by atoms with Crippen LogP contribution in [-0.4, -0.2) is 19.8 Å². The smallest absolute Gasteiger partial charge is 0.122 e. The van der Waals surface area contributed by atoms with Crippen molar-refractivity contribution in [2.45, 2.75) is 45.6 Å². The summed E-state index contributed by atoms with van der Waals surface area (Å²) in [6, 6.07) is 6.39. The maximum atomic E-state index is 6.16.